The van der Waals surface area contributed by atoms with Crippen LogP contribution in [0.3, 0.4) is 0 Å². The zero-order chi connectivity index (χ0) is 12.1. The quantitative estimate of drug-likeness (QED) is 0.781. The number of ether oxygens (including phenoxy) is 1. The van der Waals surface area contributed by atoms with Crippen LogP contribution in [0.15, 0.2) is 24.4 Å². The Hall–Kier alpha value is -1.91. The molecule has 0 aliphatic carbocycles. The second-order valence-electron chi connectivity index (χ2n) is 3.37. The van der Waals surface area contributed by atoms with Gasteiger partial charge in [-0.3, -0.25) is 0 Å². The van der Waals surface area contributed by atoms with Crippen molar-refractivity contribution in [2.45, 2.75) is 13.3 Å². The molecule has 0 aliphatic heterocycles. The van der Waals surface area contributed by atoms with Crippen molar-refractivity contribution in [2.24, 2.45) is 0 Å². The molecule has 0 aliphatic rings. The summed E-state index contributed by atoms with van der Waals surface area (Å²) in [6.07, 6.45) is 1.51. The maximum atomic E-state index is 12.8. The number of carbonyl (C=O) groups is 1. The molecule has 4 nitrogen and oxygen atoms in total. The highest BCUT2D eigenvalue weighted by Crippen LogP contribution is 2.16. The van der Waals surface area contributed by atoms with Gasteiger partial charge in [0.25, 0.3) is 0 Å². The number of nitrogens with zero attached hydrogens (tertiary/aromatic N) is 1. The second-order valence-corrected chi connectivity index (χ2v) is 3.37. The van der Waals surface area contributed by atoms with Gasteiger partial charge >= 0.3 is 5.97 Å². The smallest absolute Gasteiger partial charge is 0.341 e. The molecule has 0 amide bonds. The van der Waals surface area contributed by atoms with Crippen LogP contribution in [-0.4, -0.2) is 22.7 Å². The molecule has 1 N–H and O–H groups in total. The highest BCUT2D eigenvalue weighted by Gasteiger charge is 2.13. The Morgan fingerprint density at radius 1 is 1.69 bits per heavy atom. The highest BCUT2D eigenvalue weighted by atomic mass is 19.1. The largest absolute Gasteiger partial charge is 0.477 e. The molecule has 1 aromatic heterocycles. The average molecular weight is 225 g/mol. The molecule has 5 heteroatoms. The summed E-state index contributed by atoms with van der Waals surface area (Å²) in [4.78, 5) is 14.4. The predicted molar refractivity (Wildman–Crippen MR) is 56.1 cm³/mol. The van der Waals surface area contributed by atoms with Crippen LogP contribution in [-0.2, 0) is 0 Å². The second kappa shape index (κ2) is 5.25. The lowest BCUT2D eigenvalue weighted by Gasteiger charge is -2.07. The Balaban J connectivity index is 2.78. The van der Waals surface area contributed by atoms with E-state index in [-0.39, 0.29) is 18.1 Å². The topological polar surface area (TPSA) is 59.4 Å². The fourth-order valence-electron chi connectivity index (χ4n) is 1.02. The van der Waals surface area contributed by atoms with Gasteiger partial charge in [0.15, 0.2) is 0 Å². The van der Waals surface area contributed by atoms with Gasteiger partial charge in [-0.2, -0.15) is 0 Å². The van der Waals surface area contributed by atoms with Crippen molar-refractivity contribution in [1.82, 2.24) is 4.98 Å². The lowest BCUT2D eigenvalue weighted by molar-refractivity contribution is 0.0690. The average Bonchev–Trinajstić information content (AvgIpc) is 2.19. The fraction of sp³-hybridized carbons (Fsp3) is 0.273. The normalized spacial score (nSPS) is 9.88. The minimum absolute atomic E-state index is 0.0739. The summed E-state index contributed by atoms with van der Waals surface area (Å²) in [7, 11) is 0. The third-order valence-electron chi connectivity index (χ3n) is 1.82. The van der Waals surface area contributed by atoms with Gasteiger partial charge in [0.2, 0.25) is 5.88 Å². The minimum atomic E-state index is -1.27. The molecule has 0 fully saturated rings. The van der Waals surface area contributed by atoms with Crippen LogP contribution in [0, 0.1) is 5.82 Å². The van der Waals surface area contributed by atoms with Crippen molar-refractivity contribution in [1.29, 1.82) is 0 Å². The van der Waals surface area contributed by atoms with Crippen LogP contribution >= 0.6 is 0 Å². The number of hydrogen-bond donors (Lipinski definition) is 1. The summed E-state index contributed by atoms with van der Waals surface area (Å²) in [6, 6.07) is 0.880. The first-order chi connectivity index (χ1) is 7.50. The Labute approximate surface area is 92.4 Å². The van der Waals surface area contributed by atoms with Gasteiger partial charge in [-0.05, 0) is 13.0 Å². The number of carboxylic acids is 1. The molecule has 0 atom stereocenters. The first-order valence-corrected chi connectivity index (χ1v) is 4.66. The van der Waals surface area contributed by atoms with E-state index in [1.165, 1.54) is 0 Å². The van der Waals surface area contributed by atoms with Crippen LogP contribution in [0.5, 0.6) is 5.88 Å². The first-order valence-electron chi connectivity index (χ1n) is 4.66. The van der Waals surface area contributed by atoms with Crippen molar-refractivity contribution in [3.63, 3.8) is 0 Å². The van der Waals surface area contributed by atoms with E-state index in [1.807, 2.05) is 6.92 Å². The van der Waals surface area contributed by atoms with E-state index >= 15 is 0 Å². The van der Waals surface area contributed by atoms with E-state index in [4.69, 9.17) is 9.84 Å². The lowest BCUT2D eigenvalue weighted by atomic mass is 10.2. The molecular weight excluding hydrogens is 213 g/mol. The molecule has 0 saturated heterocycles. The summed E-state index contributed by atoms with van der Waals surface area (Å²) < 4.78 is 17.9. The van der Waals surface area contributed by atoms with E-state index in [0.717, 1.165) is 17.8 Å². The molecule has 86 valence electrons. The molecule has 16 heavy (non-hydrogen) atoms. The van der Waals surface area contributed by atoms with Gasteiger partial charge < -0.3 is 9.84 Å². The standard InChI is InChI=1S/C11H12FNO3/c1-7(2)3-4-16-10-9(11(14)15)5-8(12)6-13-10/h5-6H,1,3-4H2,2H3,(H,14,15). The Kier molecular flexibility index (Phi) is 3.99. The van der Waals surface area contributed by atoms with Gasteiger partial charge in [0.1, 0.15) is 11.4 Å². The van der Waals surface area contributed by atoms with Gasteiger partial charge in [-0.15, -0.1) is 6.58 Å². The zero-order valence-electron chi connectivity index (χ0n) is 8.86. The monoisotopic (exact) mass is 225 g/mol. The summed E-state index contributed by atoms with van der Waals surface area (Å²) in [5.41, 5.74) is 0.640. The number of rotatable bonds is 5. The summed E-state index contributed by atoms with van der Waals surface area (Å²) in [5.74, 6) is -2.04. The molecule has 0 unspecified atom stereocenters. The van der Waals surface area contributed by atoms with E-state index in [0.29, 0.717) is 6.42 Å². The molecule has 0 radical (unpaired) electrons. The van der Waals surface area contributed by atoms with Gasteiger partial charge in [-0.1, -0.05) is 5.57 Å². The summed E-state index contributed by atoms with van der Waals surface area (Å²) >= 11 is 0. The summed E-state index contributed by atoms with van der Waals surface area (Å²) in [6.45, 7) is 5.79. The number of halogens is 1. The van der Waals surface area contributed by atoms with Gasteiger partial charge in [-0.25, -0.2) is 14.2 Å². The Bertz CT molecular complexity index is 418. The number of carboxylic acid groups (broad SMARTS) is 1. The van der Waals surface area contributed by atoms with Gasteiger partial charge in [0, 0.05) is 6.42 Å². The van der Waals surface area contributed by atoms with Crippen molar-refractivity contribution in [3.8, 4) is 5.88 Å². The molecule has 0 bridgehead atoms. The van der Waals surface area contributed by atoms with E-state index in [2.05, 4.69) is 11.6 Å². The van der Waals surface area contributed by atoms with Crippen molar-refractivity contribution in [3.05, 3.63) is 35.8 Å². The van der Waals surface area contributed by atoms with Crippen molar-refractivity contribution >= 4 is 5.97 Å². The Morgan fingerprint density at radius 2 is 2.38 bits per heavy atom. The molecule has 0 aromatic carbocycles. The van der Waals surface area contributed by atoms with E-state index in [9.17, 15) is 9.18 Å². The fourth-order valence-corrected chi connectivity index (χ4v) is 1.02. The summed E-state index contributed by atoms with van der Waals surface area (Å²) in [5, 5.41) is 8.79. The number of aromatic carboxylic acids is 1. The number of hydrogen-bond acceptors (Lipinski definition) is 3. The number of pyridine rings is 1. The molecule has 1 rings (SSSR count). The van der Waals surface area contributed by atoms with Crippen LogP contribution in [0.4, 0.5) is 4.39 Å². The van der Waals surface area contributed by atoms with Crippen LogP contribution < -0.4 is 4.74 Å². The molecular formula is C11H12FNO3. The van der Waals surface area contributed by atoms with Crippen LogP contribution in [0.25, 0.3) is 0 Å². The maximum Gasteiger partial charge on any atom is 0.341 e. The predicted octanol–water partition coefficient (Wildman–Crippen LogP) is 2.26. The van der Waals surface area contributed by atoms with E-state index < -0.39 is 11.8 Å². The minimum Gasteiger partial charge on any atom is -0.477 e. The third-order valence-corrected chi connectivity index (χ3v) is 1.82. The van der Waals surface area contributed by atoms with Gasteiger partial charge in [0.05, 0.1) is 12.8 Å². The van der Waals surface area contributed by atoms with Crippen LogP contribution in [0.1, 0.15) is 23.7 Å². The first kappa shape index (κ1) is 12.2. The molecule has 1 aromatic rings. The zero-order valence-corrected chi connectivity index (χ0v) is 8.86. The maximum absolute atomic E-state index is 12.8. The SMILES string of the molecule is C=C(C)CCOc1ncc(F)cc1C(=O)O. The lowest BCUT2D eigenvalue weighted by Crippen LogP contribution is -2.07. The highest BCUT2D eigenvalue weighted by molar-refractivity contribution is 5.90. The molecule has 0 spiro atoms. The molecule has 0 saturated carbocycles. The van der Waals surface area contributed by atoms with Crippen LogP contribution in [0.2, 0.25) is 0 Å². The number of aromatic nitrogens is 1. The van der Waals surface area contributed by atoms with Crippen molar-refractivity contribution in [2.75, 3.05) is 6.61 Å². The van der Waals surface area contributed by atoms with Crippen molar-refractivity contribution < 1.29 is 19.0 Å². The Morgan fingerprint density at radius 3 is 2.94 bits per heavy atom. The van der Waals surface area contributed by atoms with E-state index in [1.54, 1.807) is 0 Å². The molecule has 1 heterocycles. The third kappa shape index (κ3) is 3.34.